The van der Waals surface area contributed by atoms with E-state index in [1.54, 1.807) is 0 Å². The normalized spacial score (nSPS) is 12.5. The summed E-state index contributed by atoms with van der Waals surface area (Å²) in [5.41, 5.74) is 5.45. The highest BCUT2D eigenvalue weighted by Crippen LogP contribution is 2.24. The van der Waals surface area contributed by atoms with Crippen LogP contribution in [0.25, 0.3) is 0 Å². The molecule has 17 heavy (non-hydrogen) atoms. The predicted octanol–water partition coefficient (Wildman–Crippen LogP) is 4.99. The Morgan fingerprint density at radius 2 is 1.65 bits per heavy atom. The average Bonchev–Trinajstić information content (AvgIpc) is 2.27. The van der Waals surface area contributed by atoms with E-state index in [4.69, 9.17) is 0 Å². The van der Waals surface area contributed by atoms with Gasteiger partial charge in [-0.1, -0.05) is 44.4 Å². The Morgan fingerprint density at radius 3 is 2.12 bits per heavy atom. The van der Waals surface area contributed by atoms with E-state index in [-0.39, 0.29) is 0 Å². The lowest BCUT2D eigenvalue weighted by molar-refractivity contribution is 0.593. The second-order valence-electron chi connectivity index (χ2n) is 5.17. The van der Waals surface area contributed by atoms with Gasteiger partial charge in [-0.3, -0.25) is 0 Å². The largest absolute Gasteiger partial charge is 0.382 e. The molecule has 1 N–H and O–H groups in total. The molecule has 0 heterocycles. The van der Waals surface area contributed by atoms with E-state index in [1.807, 2.05) is 0 Å². The molecule has 1 unspecified atom stereocenters. The van der Waals surface area contributed by atoms with Crippen LogP contribution in [-0.2, 0) is 0 Å². The van der Waals surface area contributed by atoms with Crippen LogP contribution in [0.4, 0.5) is 5.69 Å². The molecule has 1 nitrogen and oxygen atoms in total. The number of hydrogen-bond acceptors (Lipinski definition) is 1. The fourth-order valence-corrected chi connectivity index (χ4v) is 2.44. The van der Waals surface area contributed by atoms with Gasteiger partial charge in [0.2, 0.25) is 0 Å². The van der Waals surface area contributed by atoms with Gasteiger partial charge in [0.05, 0.1) is 0 Å². The van der Waals surface area contributed by atoms with Crippen LogP contribution in [0.3, 0.4) is 0 Å². The second kappa shape index (κ2) is 6.68. The zero-order valence-corrected chi connectivity index (χ0v) is 12.1. The molecule has 0 saturated heterocycles. The van der Waals surface area contributed by atoms with Crippen molar-refractivity contribution >= 4 is 5.69 Å². The van der Waals surface area contributed by atoms with Crippen LogP contribution >= 0.6 is 0 Å². The van der Waals surface area contributed by atoms with Gasteiger partial charge in [-0.25, -0.2) is 0 Å². The summed E-state index contributed by atoms with van der Waals surface area (Å²) >= 11 is 0. The molecule has 0 radical (unpaired) electrons. The van der Waals surface area contributed by atoms with E-state index in [0.29, 0.717) is 6.04 Å². The Morgan fingerprint density at radius 1 is 1.06 bits per heavy atom. The van der Waals surface area contributed by atoms with Gasteiger partial charge in [0.1, 0.15) is 0 Å². The number of unbranched alkanes of at least 4 members (excludes halogenated alkanes) is 1. The van der Waals surface area contributed by atoms with Crippen LogP contribution in [-0.4, -0.2) is 6.04 Å². The van der Waals surface area contributed by atoms with E-state index in [2.05, 4.69) is 52.1 Å². The quantitative estimate of drug-likeness (QED) is 0.729. The lowest BCUT2D eigenvalue weighted by Crippen LogP contribution is -2.19. The Balaban J connectivity index is 2.78. The topological polar surface area (TPSA) is 12.0 Å². The van der Waals surface area contributed by atoms with Crippen LogP contribution < -0.4 is 5.32 Å². The molecule has 1 atom stereocenters. The smallest absolute Gasteiger partial charge is 0.0401 e. The van der Waals surface area contributed by atoms with Crippen molar-refractivity contribution in [3.05, 3.63) is 28.8 Å². The predicted molar refractivity (Wildman–Crippen MR) is 77.9 cm³/mol. The maximum atomic E-state index is 3.73. The van der Waals surface area contributed by atoms with E-state index < -0.39 is 0 Å². The molecule has 0 saturated carbocycles. The van der Waals surface area contributed by atoms with Crippen molar-refractivity contribution in [2.75, 3.05) is 5.32 Å². The third kappa shape index (κ3) is 4.07. The number of anilines is 1. The summed E-state index contributed by atoms with van der Waals surface area (Å²) in [7, 11) is 0. The lowest BCUT2D eigenvalue weighted by Gasteiger charge is -2.21. The van der Waals surface area contributed by atoms with Crippen molar-refractivity contribution in [2.24, 2.45) is 0 Å². The summed E-state index contributed by atoms with van der Waals surface area (Å²) < 4.78 is 0. The van der Waals surface area contributed by atoms with Crippen molar-refractivity contribution in [3.8, 4) is 0 Å². The first kappa shape index (κ1) is 14.1. The molecule has 96 valence electrons. The first-order chi connectivity index (χ1) is 8.08. The molecule has 0 aliphatic carbocycles. The van der Waals surface area contributed by atoms with Gasteiger partial charge in [0.25, 0.3) is 0 Å². The fourth-order valence-electron chi connectivity index (χ4n) is 2.44. The maximum absolute atomic E-state index is 3.73. The first-order valence-electron chi connectivity index (χ1n) is 6.92. The van der Waals surface area contributed by atoms with Crippen molar-refractivity contribution in [1.82, 2.24) is 0 Å². The molecule has 1 rings (SSSR count). The van der Waals surface area contributed by atoms with Gasteiger partial charge in [-0.15, -0.1) is 0 Å². The third-order valence-electron chi connectivity index (χ3n) is 3.42. The van der Waals surface area contributed by atoms with Gasteiger partial charge in [0.15, 0.2) is 0 Å². The maximum Gasteiger partial charge on any atom is 0.0401 e. The molecule has 0 aromatic heterocycles. The standard InChI is InChI=1S/C16H27N/c1-6-8-9-15(7-2)17-16-13(4)10-12(3)11-14(16)5/h10-11,15,17H,6-9H2,1-5H3. The zero-order chi connectivity index (χ0) is 12.8. The van der Waals surface area contributed by atoms with E-state index in [0.717, 1.165) is 0 Å². The van der Waals surface area contributed by atoms with Crippen molar-refractivity contribution < 1.29 is 0 Å². The summed E-state index contributed by atoms with van der Waals surface area (Å²) in [6.45, 7) is 11.1. The molecule has 0 aliphatic rings. The Kier molecular flexibility index (Phi) is 5.54. The van der Waals surface area contributed by atoms with Gasteiger partial charge in [-0.05, 0) is 44.7 Å². The van der Waals surface area contributed by atoms with Gasteiger partial charge >= 0.3 is 0 Å². The van der Waals surface area contributed by atoms with Crippen LogP contribution in [0.1, 0.15) is 56.2 Å². The van der Waals surface area contributed by atoms with Gasteiger partial charge in [0, 0.05) is 11.7 Å². The number of aryl methyl sites for hydroxylation is 3. The summed E-state index contributed by atoms with van der Waals surface area (Å²) in [4.78, 5) is 0. The molecule has 1 aromatic carbocycles. The third-order valence-corrected chi connectivity index (χ3v) is 3.42. The zero-order valence-electron chi connectivity index (χ0n) is 12.1. The van der Waals surface area contributed by atoms with Gasteiger partial charge in [-0.2, -0.15) is 0 Å². The Bertz CT molecular complexity index is 332. The van der Waals surface area contributed by atoms with Crippen LogP contribution in [0.15, 0.2) is 12.1 Å². The van der Waals surface area contributed by atoms with Crippen LogP contribution in [0, 0.1) is 20.8 Å². The minimum atomic E-state index is 0.620. The minimum Gasteiger partial charge on any atom is -0.382 e. The summed E-state index contributed by atoms with van der Waals surface area (Å²) in [5, 5.41) is 3.73. The van der Waals surface area contributed by atoms with E-state index in [9.17, 15) is 0 Å². The number of nitrogens with one attached hydrogen (secondary N) is 1. The van der Waals surface area contributed by atoms with Gasteiger partial charge < -0.3 is 5.32 Å². The molecule has 0 aliphatic heterocycles. The van der Waals surface area contributed by atoms with Crippen molar-refractivity contribution in [1.29, 1.82) is 0 Å². The highest BCUT2D eigenvalue weighted by Gasteiger charge is 2.09. The molecule has 0 spiro atoms. The molecule has 0 amide bonds. The number of hydrogen-bond donors (Lipinski definition) is 1. The Hall–Kier alpha value is -0.980. The molecular weight excluding hydrogens is 206 g/mol. The van der Waals surface area contributed by atoms with E-state index in [1.165, 1.54) is 48.1 Å². The second-order valence-corrected chi connectivity index (χ2v) is 5.17. The Labute approximate surface area is 107 Å². The lowest BCUT2D eigenvalue weighted by atomic mass is 10.0. The van der Waals surface area contributed by atoms with Crippen molar-refractivity contribution in [2.45, 2.75) is 66.3 Å². The summed E-state index contributed by atoms with van der Waals surface area (Å²) in [5.74, 6) is 0. The SMILES string of the molecule is CCCCC(CC)Nc1c(C)cc(C)cc1C. The van der Waals surface area contributed by atoms with E-state index >= 15 is 0 Å². The molecule has 1 heteroatoms. The highest BCUT2D eigenvalue weighted by atomic mass is 14.9. The van der Waals surface area contributed by atoms with Crippen molar-refractivity contribution in [3.63, 3.8) is 0 Å². The fraction of sp³-hybridized carbons (Fsp3) is 0.625. The molecule has 0 bridgehead atoms. The molecular formula is C16H27N. The molecule has 0 fully saturated rings. The molecule has 1 aromatic rings. The number of benzene rings is 1. The summed E-state index contributed by atoms with van der Waals surface area (Å²) in [6.07, 6.45) is 5.08. The monoisotopic (exact) mass is 233 g/mol. The number of rotatable bonds is 6. The summed E-state index contributed by atoms with van der Waals surface area (Å²) in [6, 6.07) is 5.15. The van der Waals surface area contributed by atoms with Crippen LogP contribution in [0.5, 0.6) is 0 Å². The first-order valence-corrected chi connectivity index (χ1v) is 6.92. The minimum absolute atomic E-state index is 0.620. The average molecular weight is 233 g/mol. The highest BCUT2D eigenvalue weighted by molar-refractivity contribution is 5.58. The van der Waals surface area contributed by atoms with Crippen LogP contribution in [0.2, 0.25) is 0 Å².